The number of aryl methyl sites for hydroxylation is 1. The molecule has 2 N–H and O–H groups in total. The molecule has 5 nitrogen and oxygen atoms in total. The van der Waals surface area contributed by atoms with E-state index in [4.69, 9.17) is 0 Å². The zero-order valence-electron chi connectivity index (χ0n) is 15.4. The van der Waals surface area contributed by atoms with Crippen LogP contribution in [0.15, 0.2) is 52.1 Å². The van der Waals surface area contributed by atoms with E-state index in [0.29, 0.717) is 6.04 Å². The highest BCUT2D eigenvalue weighted by Gasteiger charge is 2.20. The van der Waals surface area contributed by atoms with Crippen molar-refractivity contribution in [2.75, 3.05) is 25.0 Å². The van der Waals surface area contributed by atoms with Crippen LogP contribution in [0.25, 0.3) is 0 Å². The molecule has 6 heteroatoms. The molecule has 0 bridgehead atoms. The fraction of sp³-hybridized carbons (Fsp3) is 0.400. The summed E-state index contributed by atoms with van der Waals surface area (Å²) in [6, 6.07) is 13.0. The Bertz CT molecular complexity index is 719. The SMILES string of the molecule is CN=C(NCc1ccc(Br)cc1)NC1CCN(c2ccc(C)cn2)CC1. The van der Waals surface area contributed by atoms with Gasteiger partial charge in [0.05, 0.1) is 0 Å². The van der Waals surface area contributed by atoms with E-state index < -0.39 is 0 Å². The van der Waals surface area contributed by atoms with E-state index >= 15 is 0 Å². The van der Waals surface area contributed by atoms with Crippen molar-refractivity contribution in [2.45, 2.75) is 32.4 Å². The Balaban J connectivity index is 1.46. The number of rotatable bonds is 4. The Kier molecular flexibility index (Phi) is 6.50. The number of benzene rings is 1. The van der Waals surface area contributed by atoms with Gasteiger partial charge in [-0.3, -0.25) is 4.99 Å². The van der Waals surface area contributed by atoms with Crippen molar-refractivity contribution in [3.8, 4) is 0 Å². The highest BCUT2D eigenvalue weighted by atomic mass is 79.9. The summed E-state index contributed by atoms with van der Waals surface area (Å²) in [4.78, 5) is 11.3. The Morgan fingerprint density at radius 3 is 2.54 bits per heavy atom. The third-order valence-electron chi connectivity index (χ3n) is 4.65. The van der Waals surface area contributed by atoms with Crippen LogP contribution in [0.2, 0.25) is 0 Å². The molecule has 3 rings (SSSR count). The Morgan fingerprint density at radius 1 is 1.19 bits per heavy atom. The number of nitrogens with one attached hydrogen (secondary N) is 2. The zero-order chi connectivity index (χ0) is 18.4. The Morgan fingerprint density at radius 2 is 1.92 bits per heavy atom. The first kappa shape index (κ1) is 18.7. The predicted molar refractivity (Wildman–Crippen MR) is 112 cm³/mol. The second-order valence-electron chi connectivity index (χ2n) is 6.65. The van der Waals surface area contributed by atoms with E-state index in [9.17, 15) is 0 Å². The molecule has 26 heavy (non-hydrogen) atoms. The summed E-state index contributed by atoms with van der Waals surface area (Å²) in [5, 5.41) is 6.95. The predicted octanol–water partition coefficient (Wildman–Crippen LogP) is 3.49. The molecule has 1 fully saturated rings. The normalized spacial score (nSPS) is 15.8. The second kappa shape index (κ2) is 9.03. The van der Waals surface area contributed by atoms with Gasteiger partial charge < -0.3 is 15.5 Å². The van der Waals surface area contributed by atoms with Crippen molar-refractivity contribution >= 4 is 27.7 Å². The molecule has 138 valence electrons. The Labute approximate surface area is 164 Å². The van der Waals surface area contributed by atoms with Crippen LogP contribution in [0.5, 0.6) is 0 Å². The molecule has 0 aliphatic carbocycles. The van der Waals surface area contributed by atoms with Gasteiger partial charge in [0.25, 0.3) is 0 Å². The van der Waals surface area contributed by atoms with Gasteiger partial charge in [-0.15, -0.1) is 0 Å². The molecule has 0 saturated carbocycles. The Hall–Kier alpha value is -2.08. The lowest BCUT2D eigenvalue weighted by Crippen LogP contribution is -2.48. The molecule has 1 saturated heterocycles. The van der Waals surface area contributed by atoms with Gasteiger partial charge in [0.1, 0.15) is 5.82 Å². The molecular weight excluding hydrogens is 390 g/mol. The molecule has 1 aliphatic rings. The quantitative estimate of drug-likeness (QED) is 0.592. The monoisotopic (exact) mass is 415 g/mol. The van der Waals surface area contributed by atoms with Gasteiger partial charge in [0.15, 0.2) is 5.96 Å². The first-order valence-corrected chi connectivity index (χ1v) is 9.82. The zero-order valence-corrected chi connectivity index (χ0v) is 17.0. The largest absolute Gasteiger partial charge is 0.356 e. The van der Waals surface area contributed by atoms with Crippen LogP contribution in [-0.4, -0.2) is 37.1 Å². The van der Waals surface area contributed by atoms with Gasteiger partial charge in [0.2, 0.25) is 0 Å². The van der Waals surface area contributed by atoms with Gasteiger partial charge in [-0.2, -0.15) is 0 Å². The molecule has 0 spiro atoms. The molecule has 0 atom stereocenters. The van der Waals surface area contributed by atoms with Crippen LogP contribution in [0.3, 0.4) is 0 Å². The minimum absolute atomic E-state index is 0.438. The van der Waals surface area contributed by atoms with Crippen LogP contribution in [-0.2, 0) is 6.54 Å². The third-order valence-corrected chi connectivity index (χ3v) is 5.18. The molecule has 1 aromatic carbocycles. The average molecular weight is 416 g/mol. The van der Waals surface area contributed by atoms with Crippen molar-refractivity contribution in [1.29, 1.82) is 0 Å². The molecule has 0 amide bonds. The molecule has 0 unspecified atom stereocenters. The van der Waals surface area contributed by atoms with Crippen LogP contribution >= 0.6 is 15.9 Å². The van der Waals surface area contributed by atoms with E-state index in [1.807, 2.05) is 13.2 Å². The number of pyridine rings is 1. The third kappa shape index (κ3) is 5.21. The number of piperidine rings is 1. The van der Waals surface area contributed by atoms with E-state index in [2.05, 4.69) is 84.8 Å². The van der Waals surface area contributed by atoms with Crippen molar-refractivity contribution in [3.05, 3.63) is 58.2 Å². The second-order valence-corrected chi connectivity index (χ2v) is 7.57. The van der Waals surface area contributed by atoms with Gasteiger partial charge in [-0.1, -0.05) is 34.1 Å². The van der Waals surface area contributed by atoms with Gasteiger partial charge in [-0.05, 0) is 49.1 Å². The summed E-state index contributed by atoms with van der Waals surface area (Å²) in [6.45, 7) is 4.85. The lowest BCUT2D eigenvalue weighted by molar-refractivity contribution is 0.459. The van der Waals surface area contributed by atoms with Gasteiger partial charge in [0, 0.05) is 43.4 Å². The fourth-order valence-corrected chi connectivity index (χ4v) is 3.34. The standard InChI is InChI=1S/C20H26BrN5/c1-15-3-8-19(23-13-15)26-11-9-18(10-12-26)25-20(22-2)24-14-16-4-6-17(21)7-5-16/h3-8,13,18H,9-12,14H2,1-2H3,(H2,22,24,25). The highest BCUT2D eigenvalue weighted by molar-refractivity contribution is 9.10. The minimum Gasteiger partial charge on any atom is -0.356 e. The number of guanidine groups is 1. The molecule has 1 aliphatic heterocycles. The van der Waals surface area contributed by atoms with E-state index in [1.54, 1.807) is 0 Å². The first-order valence-electron chi connectivity index (χ1n) is 9.03. The van der Waals surface area contributed by atoms with E-state index in [0.717, 1.165) is 48.7 Å². The minimum atomic E-state index is 0.438. The fourth-order valence-electron chi connectivity index (χ4n) is 3.08. The maximum atomic E-state index is 4.54. The topological polar surface area (TPSA) is 52.6 Å². The number of aliphatic imine (C=N–C) groups is 1. The molecule has 1 aromatic heterocycles. The lowest BCUT2D eigenvalue weighted by atomic mass is 10.1. The van der Waals surface area contributed by atoms with Crippen molar-refractivity contribution < 1.29 is 0 Å². The van der Waals surface area contributed by atoms with Gasteiger partial charge in [-0.25, -0.2) is 4.98 Å². The number of anilines is 1. The average Bonchev–Trinajstić information content (AvgIpc) is 2.67. The first-order chi connectivity index (χ1) is 12.6. The van der Waals surface area contributed by atoms with E-state index in [1.165, 1.54) is 11.1 Å². The molecule has 2 aromatic rings. The van der Waals surface area contributed by atoms with Crippen molar-refractivity contribution in [2.24, 2.45) is 4.99 Å². The van der Waals surface area contributed by atoms with Crippen LogP contribution in [0, 0.1) is 6.92 Å². The maximum absolute atomic E-state index is 4.54. The van der Waals surface area contributed by atoms with Crippen LogP contribution in [0.4, 0.5) is 5.82 Å². The number of halogens is 1. The van der Waals surface area contributed by atoms with E-state index in [-0.39, 0.29) is 0 Å². The molecule has 2 heterocycles. The van der Waals surface area contributed by atoms with Gasteiger partial charge >= 0.3 is 0 Å². The van der Waals surface area contributed by atoms with Crippen molar-refractivity contribution in [3.63, 3.8) is 0 Å². The summed E-state index contributed by atoms with van der Waals surface area (Å²) in [7, 11) is 1.82. The smallest absolute Gasteiger partial charge is 0.191 e. The number of hydrogen-bond donors (Lipinski definition) is 2. The summed E-state index contributed by atoms with van der Waals surface area (Å²) in [5.41, 5.74) is 2.43. The number of hydrogen-bond acceptors (Lipinski definition) is 3. The van der Waals surface area contributed by atoms with Crippen LogP contribution in [0.1, 0.15) is 24.0 Å². The molecular formula is C20H26BrN5. The molecule has 0 radical (unpaired) electrons. The highest BCUT2D eigenvalue weighted by Crippen LogP contribution is 2.18. The number of nitrogens with zero attached hydrogens (tertiary/aromatic N) is 3. The summed E-state index contributed by atoms with van der Waals surface area (Å²) in [6.07, 6.45) is 4.09. The summed E-state index contributed by atoms with van der Waals surface area (Å²) >= 11 is 3.47. The summed E-state index contributed by atoms with van der Waals surface area (Å²) < 4.78 is 1.10. The van der Waals surface area contributed by atoms with Crippen LogP contribution < -0.4 is 15.5 Å². The lowest BCUT2D eigenvalue weighted by Gasteiger charge is -2.33. The number of aromatic nitrogens is 1. The van der Waals surface area contributed by atoms with Crippen molar-refractivity contribution in [1.82, 2.24) is 15.6 Å². The summed E-state index contributed by atoms with van der Waals surface area (Å²) in [5.74, 6) is 1.94. The maximum Gasteiger partial charge on any atom is 0.191 e.